The van der Waals surface area contributed by atoms with E-state index in [1.807, 2.05) is 37.3 Å². The first-order chi connectivity index (χ1) is 14.5. The number of nitrogens with one attached hydrogen (secondary N) is 1. The van der Waals surface area contributed by atoms with Crippen molar-refractivity contribution in [3.05, 3.63) is 88.0 Å². The summed E-state index contributed by atoms with van der Waals surface area (Å²) in [6.07, 6.45) is 1.41. The van der Waals surface area contributed by atoms with Crippen LogP contribution in [0.25, 0.3) is 22.2 Å². The molecule has 0 aliphatic rings. The number of carbonyl (C=O) groups excluding carboxylic acids is 1. The fraction of sp³-hybridized carbons (Fsp3) is 0.130. The predicted molar refractivity (Wildman–Crippen MR) is 116 cm³/mol. The van der Waals surface area contributed by atoms with Gasteiger partial charge in [-0.25, -0.2) is 4.68 Å². The second-order valence-electron chi connectivity index (χ2n) is 6.84. The molecule has 2 heterocycles. The van der Waals surface area contributed by atoms with Gasteiger partial charge in [0.25, 0.3) is 5.56 Å². The van der Waals surface area contributed by atoms with Crippen molar-refractivity contribution in [1.29, 1.82) is 0 Å². The minimum Gasteiger partial charge on any atom is -0.618 e. The lowest BCUT2D eigenvalue weighted by Gasteiger charge is -2.17. The maximum Gasteiger partial charge on any atom is 0.291 e. The van der Waals surface area contributed by atoms with Gasteiger partial charge in [0.2, 0.25) is 5.52 Å². The van der Waals surface area contributed by atoms with Crippen molar-refractivity contribution in [3.8, 4) is 11.3 Å². The van der Waals surface area contributed by atoms with Gasteiger partial charge in [0, 0.05) is 24.2 Å². The summed E-state index contributed by atoms with van der Waals surface area (Å²) in [6.45, 7) is 3.58. The lowest BCUT2D eigenvalue weighted by molar-refractivity contribution is -0.577. The molecule has 0 bridgehead atoms. The highest BCUT2D eigenvalue weighted by atomic mass is 16.5. The summed E-state index contributed by atoms with van der Waals surface area (Å²) in [7, 11) is 0. The number of anilines is 2. The molecule has 0 amide bonds. The van der Waals surface area contributed by atoms with E-state index in [4.69, 9.17) is 0 Å². The number of Topliss-reactive ketones (excluding diaryl/α,β-unsaturated/α-hetero) is 1. The Morgan fingerprint density at radius 2 is 1.87 bits per heavy atom. The highest BCUT2D eigenvalue weighted by molar-refractivity contribution is 6.06. The first-order valence-corrected chi connectivity index (χ1v) is 9.60. The lowest BCUT2D eigenvalue weighted by atomic mass is 10.0. The number of hydrogen-bond donors (Lipinski definition) is 1. The third-order valence-electron chi connectivity index (χ3n) is 4.92. The largest absolute Gasteiger partial charge is 0.618 e. The highest BCUT2D eigenvalue weighted by Crippen LogP contribution is 2.29. The molecule has 1 N–H and O–H groups in total. The number of benzene rings is 2. The number of pyridine rings is 1. The molecule has 0 atom stereocenters. The van der Waals surface area contributed by atoms with Crippen LogP contribution in [0.15, 0.2) is 71.7 Å². The van der Waals surface area contributed by atoms with E-state index in [-0.39, 0.29) is 17.0 Å². The summed E-state index contributed by atoms with van der Waals surface area (Å²) < 4.78 is 2.09. The average Bonchev–Trinajstić information content (AvgIpc) is 2.76. The van der Waals surface area contributed by atoms with Crippen LogP contribution in [-0.2, 0) is 6.54 Å². The number of nitrogens with zero attached hydrogens (tertiary/aromatic N) is 3. The van der Waals surface area contributed by atoms with E-state index in [9.17, 15) is 14.8 Å². The molecule has 0 fully saturated rings. The topological polar surface area (TPSA) is 90.9 Å². The summed E-state index contributed by atoms with van der Waals surface area (Å²) in [4.78, 5) is 25.8. The van der Waals surface area contributed by atoms with Gasteiger partial charge in [-0.1, -0.05) is 36.4 Å². The fourth-order valence-electron chi connectivity index (χ4n) is 3.50. The molecular formula is C23H20N4O3. The van der Waals surface area contributed by atoms with Gasteiger partial charge in [-0.2, -0.15) is 9.83 Å². The summed E-state index contributed by atoms with van der Waals surface area (Å²) >= 11 is 0. The van der Waals surface area contributed by atoms with E-state index < -0.39 is 5.56 Å². The zero-order chi connectivity index (χ0) is 21.3. The highest BCUT2D eigenvalue weighted by Gasteiger charge is 2.22. The zero-order valence-corrected chi connectivity index (χ0v) is 16.6. The summed E-state index contributed by atoms with van der Waals surface area (Å²) in [5.74, 6) is -0.275. The Bertz CT molecular complexity index is 1310. The molecule has 30 heavy (non-hydrogen) atoms. The van der Waals surface area contributed by atoms with Crippen molar-refractivity contribution in [1.82, 2.24) is 9.78 Å². The van der Waals surface area contributed by atoms with Crippen molar-refractivity contribution in [2.24, 2.45) is 0 Å². The minimum absolute atomic E-state index is 0.145. The molecule has 0 saturated heterocycles. The molecule has 0 saturated carbocycles. The van der Waals surface area contributed by atoms with Crippen molar-refractivity contribution in [2.75, 3.05) is 5.32 Å². The Kier molecular flexibility index (Phi) is 5.02. The van der Waals surface area contributed by atoms with Crippen LogP contribution in [0.2, 0.25) is 0 Å². The summed E-state index contributed by atoms with van der Waals surface area (Å²) in [5.41, 5.74) is 2.16. The van der Waals surface area contributed by atoms with Crippen LogP contribution in [-0.4, -0.2) is 15.6 Å². The Morgan fingerprint density at radius 1 is 1.10 bits per heavy atom. The molecule has 0 aliphatic heterocycles. The van der Waals surface area contributed by atoms with E-state index in [1.54, 1.807) is 30.3 Å². The number of aryl methyl sites for hydroxylation is 1. The van der Waals surface area contributed by atoms with Crippen molar-refractivity contribution in [3.63, 3.8) is 0 Å². The van der Waals surface area contributed by atoms with Crippen LogP contribution in [0.3, 0.4) is 0 Å². The van der Waals surface area contributed by atoms with Gasteiger partial charge in [0.05, 0.1) is 16.6 Å². The molecule has 7 heteroatoms. The molecular weight excluding hydrogens is 380 g/mol. The van der Waals surface area contributed by atoms with E-state index in [0.717, 1.165) is 10.3 Å². The van der Waals surface area contributed by atoms with Gasteiger partial charge in [0.1, 0.15) is 11.4 Å². The Hall–Kier alpha value is -4.00. The third kappa shape index (κ3) is 3.30. The molecule has 0 spiro atoms. The monoisotopic (exact) mass is 400 g/mol. The second kappa shape index (κ2) is 7.79. The molecule has 2 aromatic carbocycles. The minimum atomic E-state index is -0.398. The van der Waals surface area contributed by atoms with Crippen LogP contribution in [0, 0.1) is 5.21 Å². The van der Waals surface area contributed by atoms with Crippen LogP contribution in [0.1, 0.15) is 24.2 Å². The SMILES string of the molecule is CCn1nc(-c2ccccc2)c(C(C)=O)c(Nc2cccc3c2ccc[n+]3[O-])c1=O. The van der Waals surface area contributed by atoms with Gasteiger partial charge < -0.3 is 10.5 Å². The third-order valence-corrected chi connectivity index (χ3v) is 4.92. The maximum atomic E-state index is 13.1. The molecule has 0 unspecified atom stereocenters. The maximum absolute atomic E-state index is 13.1. The van der Waals surface area contributed by atoms with Crippen molar-refractivity contribution < 1.29 is 9.52 Å². The van der Waals surface area contributed by atoms with Gasteiger partial charge in [-0.3, -0.25) is 9.59 Å². The number of fused-ring (bicyclic) bond motifs is 1. The van der Waals surface area contributed by atoms with Gasteiger partial charge in [-0.05, 0) is 26.0 Å². The molecule has 4 rings (SSSR count). The molecule has 0 aliphatic carbocycles. The fourth-order valence-corrected chi connectivity index (χ4v) is 3.50. The summed E-state index contributed by atoms with van der Waals surface area (Å²) in [5, 5.41) is 20.3. The molecule has 7 nitrogen and oxygen atoms in total. The average molecular weight is 400 g/mol. The molecule has 2 aromatic heterocycles. The number of ketones is 1. The lowest BCUT2D eigenvalue weighted by Crippen LogP contribution is -2.28. The predicted octanol–water partition coefficient (Wildman–Crippen LogP) is 3.66. The van der Waals surface area contributed by atoms with Crippen molar-refractivity contribution >= 4 is 28.1 Å². The Labute approximate surface area is 172 Å². The second-order valence-corrected chi connectivity index (χ2v) is 6.84. The quantitative estimate of drug-likeness (QED) is 0.314. The molecule has 0 radical (unpaired) electrons. The van der Waals surface area contributed by atoms with Crippen molar-refractivity contribution in [2.45, 2.75) is 20.4 Å². The molecule has 4 aromatic rings. The van der Waals surface area contributed by atoms with Gasteiger partial charge in [0.15, 0.2) is 12.0 Å². The van der Waals surface area contributed by atoms with Crippen LogP contribution in [0.4, 0.5) is 11.4 Å². The van der Waals surface area contributed by atoms with E-state index in [2.05, 4.69) is 10.4 Å². The first-order valence-electron chi connectivity index (χ1n) is 9.60. The smallest absolute Gasteiger partial charge is 0.291 e. The zero-order valence-electron chi connectivity index (χ0n) is 16.6. The first kappa shape index (κ1) is 19.3. The van der Waals surface area contributed by atoms with Crippen LogP contribution >= 0.6 is 0 Å². The number of hydrogen-bond acceptors (Lipinski definition) is 5. The van der Waals surface area contributed by atoms with Crippen LogP contribution < -0.4 is 15.6 Å². The summed E-state index contributed by atoms with van der Waals surface area (Å²) in [6, 6.07) is 17.9. The van der Waals surface area contributed by atoms with Gasteiger partial charge >= 0.3 is 0 Å². The Balaban J connectivity index is 2.00. The van der Waals surface area contributed by atoms with E-state index >= 15 is 0 Å². The number of aromatic nitrogens is 3. The molecule has 150 valence electrons. The van der Waals surface area contributed by atoms with E-state index in [1.165, 1.54) is 17.8 Å². The van der Waals surface area contributed by atoms with Gasteiger partial charge in [-0.15, -0.1) is 0 Å². The standard InChI is InChI=1S/C23H20N4O3/c1-3-26-23(29)22(20(15(2)28)21(25-26)16-9-5-4-6-10-16)24-18-12-7-13-19-17(18)11-8-14-27(19)30/h4-14,24H,3H2,1-2H3. The Morgan fingerprint density at radius 3 is 2.57 bits per heavy atom. The van der Waals surface area contributed by atoms with Crippen LogP contribution in [0.5, 0.6) is 0 Å². The number of carbonyl (C=O) groups is 1. The van der Waals surface area contributed by atoms with E-state index in [0.29, 0.717) is 28.8 Å². The normalized spacial score (nSPS) is 10.9. The number of rotatable bonds is 5.